The second kappa shape index (κ2) is 4.73. The van der Waals surface area contributed by atoms with Gasteiger partial charge in [0.2, 0.25) is 0 Å². The van der Waals surface area contributed by atoms with Gasteiger partial charge in [-0.05, 0) is 49.3 Å². The van der Waals surface area contributed by atoms with Crippen LogP contribution < -0.4 is 4.74 Å². The molecule has 1 aromatic heterocycles. The van der Waals surface area contributed by atoms with Crippen molar-refractivity contribution < 1.29 is 13.5 Å². The molecule has 100 valence electrons. The van der Waals surface area contributed by atoms with Crippen molar-refractivity contribution in [3.63, 3.8) is 0 Å². The van der Waals surface area contributed by atoms with E-state index in [0.29, 0.717) is 10.8 Å². The molecule has 1 aromatic carbocycles. The number of halogens is 2. The molecule has 0 amide bonds. The lowest BCUT2D eigenvalue weighted by molar-refractivity contribution is -0.0498. The van der Waals surface area contributed by atoms with E-state index in [1.807, 2.05) is 4.57 Å². The molecule has 0 aliphatic heterocycles. The highest BCUT2D eigenvalue weighted by Gasteiger charge is 2.27. The molecular weight excluding hydrogens is 272 g/mol. The molecule has 7 heteroatoms. The van der Waals surface area contributed by atoms with Crippen molar-refractivity contribution in [2.75, 3.05) is 0 Å². The monoisotopic (exact) mass is 283 g/mol. The van der Waals surface area contributed by atoms with Crippen molar-refractivity contribution >= 4 is 12.2 Å². The van der Waals surface area contributed by atoms with Gasteiger partial charge in [0, 0.05) is 11.6 Å². The van der Waals surface area contributed by atoms with Crippen LogP contribution in [-0.4, -0.2) is 21.4 Å². The zero-order valence-corrected chi connectivity index (χ0v) is 10.7. The standard InChI is InChI=1S/C12H11F2N3OS/c13-11(14)18-9-5-1-7(2-6-9)10-15-16-12(19)17(10)8-3-4-8/h1-2,5-6,8,11H,3-4H2,(H,16,19). The molecule has 0 saturated heterocycles. The van der Waals surface area contributed by atoms with E-state index in [1.165, 1.54) is 12.1 Å². The molecule has 0 unspecified atom stereocenters. The molecule has 2 aromatic rings. The number of nitrogens with zero attached hydrogens (tertiary/aromatic N) is 2. The summed E-state index contributed by atoms with van der Waals surface area (Å²) in [4.78, 5) is 0. The first kappa shape index (κ1) is 12.3. The maximum absolute atomic E-state index is 12.1. The summed E-state index contributed by atoms with van der Waals surface area (Å²) in [6.45, 7) is -2.81. The van der Waals surface area contributed by atoms with Crippen LogP contribution in [0, 0.1) is 4.77 Å². The molecule has 0 bridgehead atoms. The van der Waals surface area contributed by atoms with Gasteiger partial charge in [-0.3, -0.25) is 9.67 Å². The molecule has 4 nitrogen and oxygen atoms in total. The number of hydrogen-bond donors (Lipinski definition) is 1. The minimum Gasteiger partial charge on any atom is -0.435 e. The second-order valence-electron chi connectivity index (χ2n) is 4.36. The molecule has 1 aliphatic rings. The van der Waals surface area contributed by atoms with Gasteiger partial charge in [0.05, 0.1) is 0 Å². The largest absolute Gasteiger partial charge is 0.435 e. The third-order valence-electron chi connectivity index (χ3n) is 2.95. The summed E-state index contributed by atoms with van der Waals surface area (Å²) in [7, 11) is 0. The predicted molar refractivity (Wildman–Crippen MR) is 67.8 cm³/mol. The van der Waals surface area contributed by atoms with Gasteiger partial charge in [0.15, 0.2) is 10.6 Å². The third-order valence-corrected chi connectivity index (χ3v) is 3.24. The molecule has 1 aliphatic carbocycles. The van der Waals surface area contributed by atoms with Crippen LogP contribution in [0.4, 0.5) is 8.78 Å². The van der Waals surface area contributed by atoms with Crippen molar-refractivity contribution in [3.05, 3.63) is 29.0 Å². The smallest absolute Gasteiger partial charge is 0.387 e. The van der Waals surface area contributed by atoms with Crippen LogP contribution in [0.25, 0.3) is 11.4 Å². The van der Waals surface area contributed by atoms with Gasteiger partial charge >= 0.3 is 6.61 Å². The van der Waals surface area contributed by atoms with E-state index in [-0.39, 0.29) is 5.75 Å². The van der Waals surface area contributed by atoms with Crippen LogP contribution in [0.3, 0.4) is 0 Å². The Labute approximate surface area is 113 Å². The van der Waals surface area contributed by atoms with Crippen molar-refractivity contribution in [1.29, 1.82) is 0 Å². The summed E-state index contributed by atoms with van der Waals surface area (Å²) in [5.41, 5.74) is 0.820. The van der Waals surface area contributed by atoms with Crippen LogP contribution >= 0.6 is 12.2 Å². The lowest BCUT2D eigenvalue weighted by atomic mass is 10.2. The van der Waals surface area contributed by atoms with E-state index in [4.69, 9.17) is 12.2 Å². The lowest BCUT2D eigenvalue weighted by Gasteiger charge is -2.07. The van der Waals surface area contributed by atoms with Crippen molar-refractivity contribution in [2.45, 2.75) is 25.5 Å². The minimum atomic E-state index is -2.81. The number of nitrogens with one attached hydrogen (secondary N) is 1. The van der Waals surface area contributed by atoms with Gasteiger partial charge in [0.1, 0.15) is 5.75 Å². The summed E-state index contributed by atoms with van der Waals surface area (Å²) in [6.07, 6.45) is 2.18. The van der Waals surface area contributed by atoms with E-state index in [1.54, 1.807) is 12.1 Å². The molecular formula is C12H11F2N3OS. The number of aromatic nitrogens is 3. The molecule has 1 heterocycles. The Hall–Kier alpha value is -1.76. The number of benzene rings is 1. The van der Waals surface area contributed by atoms with Crippen molar-refractivity contribution in [3.8, 4) is 17.1 Å². The Morgan fingerprint density at radius 3 is 2.58 bits per heavy atom. The van der Waals surface area contributed by atoms with Crippen molar-refractivity contribution in [1.82, 2.24) is 14.8 Å². The number of H-pyrrole nitrogens is 1. The van der Waals surface area contributed by atoms with E-state index in [9.17, 15) is 8.78 Å². The van der Waals surface area contributed by atoms with Gasteiger partial charge < -0.3 is 4.74 Å². The Morgan fingerprint density at radius 2 is 2.00 bits per heavy atom. The Kier molecular flexibility index (Phi) is 3.06. The van der Waals surface area contributed by atoms with Crippen LogP contribution in [-0.2, 0) is 0 Å². The highest BCUT2D eigenvalue weighted by molar-refractivity contribution is 7.71. The quantitative estimate of drug-likeness (QED) is 0.873. The first-order valence-corrected chi connectivity index (χ1v) is 6.28. The fraction of sp³-hybridized carbons (Fsp3) is 0.333. The fourth-order valence-electron chi connectivity index (χ4n) is 1.97. The SMILES string of the molecule is FC(F)Oc1ccc(-c2n[nH]c(=S)n2C2CC2)cc1. The fourth-order valence-corrected chi connectivity index (χ4v) is 2.25. The molecule has 19 heavy (non-hydrogen) atoms. The van der Waals surface area contributed by atoms with E-state index < -0.39 is 6.61 Å². The zero-order valence-electron chi connectivity index (χ0n) is 9.85. The second-order valence-corrected chi connectivity index (χ2v) is 4.74. The number of aromatic amines is 1. The van der Waals surface area contributed by atoms with Crippen LogP contribution in [0.1, 0.15) is 18.9 Å². The highest BCUT2D eigenvalue weighted by atomic mass is 32.1. The summed E-state index contributed by atoms with van der Waals surface area (Å²) >= 11 is 5.19. The number of rotatable bonds is 4. The van der Waals surface area contributed by atoms with Gasteiger partial charge in [-0.1, -0.05) is 0 Å². The Bertz CT molecular complexity index is 631. The van der Waals surface area contributed by atoms with Crippen LogP contribution in [0.15, 0.2) is 24.3 Å². The van der Waals surface area contributed by atoms with Gasteiger partial charge in [-0.25, -0.2) is 0 Å². The normalized spacial score (nSPS) is 14.9. The summed E-state index contributed by atoms with van der Waals surface area (Å²) in [5.74, 6) is 0.863. The molecule has 0 atom stereocenters. The van der Waals surface area contributed by atoms with Crippen LogP contribution in [0.2, 0.25) is 0 Å². The maximum atomic E-state index is 12.1. The molecule has 1 saturated carbocycles. The topological polar surface area (TPSA) is 42.8 Å². The number of hydrogen-bond acceptors (Lipinski definition) is 3. The zero-order chi connectivity index (χ0) is 13.4. The molecule has 1 fully saturated rings. The average molecular weight is 283 g/mol. The maximum Gasteiger partial charge on any atom is 0.387 e. The van der Waals surface area contributed by atoms with Crippen LogP contribution in [0.5, 0.6) is 5.75 Å². The molecule has 1 N–H and O–H groups in total. The molecule has 0 spiro atoms. The first-order valence-electron chi connectivity index (χ1n) is 5.87. The van der Waals surface area contributed by atoms with Crippen molar-refractivity contribution in [2.24, 2.45) is 0 Å². The van der Waals surface area contributed by atoms with Gasteiger partial charge in [-0.15, -0.1) is 0 Å². The summed E-state index contributed by atoms with van der Waals surface area (Å²) < 4.78 is 31.0. The third kappa shape index (κ3) is 2.51. The molecule has 0 radical (unpaired) electrons. The van der Waals surface area contributed by atoms with E-state index >= 15 is 0 Å². The highest BCUT2D eigenvalue weighted by Crippen LogP contribution is 2.38. The number of alkyl halides is 2. The predicted octanol–water partition coefficient (Wildman–Crippen LogP) is 3.54. The van der Waals surface area contributed by atoms with E-state index in [2.05, 4.69) is 14.9 Å². The minimum absolute atomic E-state index is 0.130. The van der Waals surface area contributed by atoms with Gasteiger partial charge in [0.25, 0.3) is 0 Å². The number of ether oxygens (including phenoxy) is 1. The average Bonchev–Trinajstić information content (AvgIpc) is 3.13. The Morgan fingerprint density at radius 1 is 1.32 bits per heavy atom. The molecule has 3 rings (SSSR count). The lowest BCUT2D eigenvalue weighted by Crippen LogP contribution is -2.02. The summed E-state index contributed by atoms with van der Waals surface area (Å²) in [6, 6.07) is 6.79. The summed E-state index contributed by atoms with van der Waals surface area (Å²) in [5, 5.41) is 6.96. The van der Waals surface area contributed by atoms with E-state index in [0.717, 1.165) is 24.2 Å². The first-order chi connectivity index (χ1) is 9.15. The Balaban J connectivity index is 1.92. The van der Waals surface area contributed by atoms with Gasteiger partial charge in [-0.2, -0.15) is 13.9 Å².